The average Bonchev–Trinajstić information content (AvgIpc) is 3.09. The van der Waals surface area contributed by atoms with Gasteiger partial charge in [0, 0.05) is 23.1 Å². The molecule has 2 aromatic carbocycles. The molecule has 6 nitrogen and oxygen atoms in total. The van der Waals surface area contributed by atoms with Gasteiger partial charge in [0.25, 0.3) is 5.91 Å². The summed E-state index contributed by atoms with van der Waals surface area (Å²) in [5.74, 6) is -0.285. The van der Waals surface area contributed by atoms with Crippen LogP contribution in [0.15, 0.2) is 77.1 Å². The molecular formula is C20H18BrN3O3S2. The third-order valence-corrected chi connectivity index (χ3v) is 7.28. The summed E-state index contributed by atoms with van der Waals surface area (Å²) in [5.41, 5.74) is 1.11. The fourth-order valence-corrected chi connectivity index (χ4v) is 5.24. The van der Waals surface area contributed by atoms with Crippen LogP contribution in [0.25, 0.3) is 10.2 Å². The number of hydrogen-bond acceptors (Lipinski definition) is 5. The SMILES string of the molecule is C=CCN(CC=C)S(=O)(=O)c1ccc2nc(NC(=O)c3ccc(Br)cc3)sc2c1. The van der Waals surface area contributed by atoms with Gasteiger partial charge < -0.3 is 0 Å². The van der Waals surface area contributed by atoms with Crippen LogP contribution < -0.4 is 5.32 Å². The van der Waals surface area contributed by atoms with E-state index in [-0.39, 0.29) is 23.9 Å². The van der Waals surface area contributed by atoms with E-state index in [0.29, 0.717) is 20.9 Å². The third kappa shape index (κ3) is 4.81. The molecule has 0 unspecified atom stereocenters. The number of sulfonamides is 1. The third-order valence-electron chi connectivity index (χ3n) is 3.99. The number of amides is 1. The monoisotopic (exact) mass is 491 g/mol. The number of benzene rings is 2. The lowest BCUT2D eigenvalue weighted by Gasteiger charge is -2.18. The molecule has 0 spiro atoms. The number of nitrogens with zero attached hydrogens (tertiary/aromatic N) is 2. The van der Waals surface area contributed by atoms with E-state index in [1.165, 1.54) is 33.9 Å². The topological polar surface area (TPSA) is 79.4 Å². The van der Waals surface area contributed by atoms with E-state index in [9.17, 15) is 13.2 Å². The molecule has 0 bridgehead atoms. The summed E-state index contributed by atoms with van der Waals surface area (Å²) in [6.07, 6.45) is 3.06. The Balaban J connectivity index is 1.87. The van der Waals surface area contributed by atoms with Crippen molar-refractivity contribution in [2.24, 2.45) is 0 Å². The van der Waals surface area contributed by atoms with Crippen LogP contribution in [0.2, 0.25) is 0 Å². The van der Waals surface area contributed by atoms with Gasteiger partial charge >= 0.3 is 0 Å². The van der Waals surface area contributed by atoms with E-state index in [4.69, 9.17) is 0 Å². The highest BCUT2D eigenvalue weighted by Gasteiger charge is 2.23. The predicted octanol–water partition coefficient (Wildman–Crippen LogP) is 4.67. The number of thiazole rings is 1. The highest BCUT2D eigenvalue weighted by atomic mass is 79.9. The van der Waals surface area contributed by atoms with Gasteiger partial charge in [0.2, 0.25) is 10.0 Å². The lowest BCUT2D eigenvalue weighted by Crippen LogP contribution is -2.31. The smallest absolute Gasteiger partial charge is 0.257 e. The number of nitrogens with one attached hydrogen (secondary N) is 1. The minimum atomic E-state index is -3.70. The number of anilines is 1. The van der Waals surface area contributed by atoms with Crippen LogP contribution in [-0.4, -0.2) is 36.7 Å². The van der Waals surface area contributed by atoms with Crippen LogP contribution >= 0.6 is 27.3 Å². The molecule has 29 heavy (non-hydrogen) atoms. The van der Waals surface area contributed by atoms with E-state index in [0.717, 1.165) is 4.47 Å². The molecule has 0 atom stereocenters. The second-order valence-corrected chi connectivity index (χ2v) is 9.89. The molecule has 150 valence electrons. The summed E-state index contributed by atoms with van der Waals surface area (Å²) in [6.45, 7) is 7.59. The molecule has 0 aliphatic heterocycles. The number of halogens is 1. The molecule has 0 saturated heterocycles. The standard InChI is InChI=1S/C20H18BrN3O3S2/c1-3-11-24(12-4-2)29(26,27)16-9-10-17-18(13-16)28-20(22-17)23-19(25)14-5-7-15(21)8-6-14/h3-10,13H,1-2,11-12H2,(H,22,23,25). The minimum Gasteiger partial charge on any atom is -0.298 e. The maximum atomic E-state index is 12.9. The molecule has 1 aromatic heterocycles. The largest absolute Gasteiger partial charge is 0.298 e. The van der Waals surface area contributed by atoms with Crippen molar-refractivity contribution in [3.8, 4) is 0 Å². The molecule has 1 heterocycles. The average molecular weight is 492 g/mol. The lowest BCUT2D eigenvalue weighted by atomic mass is 10.2. The zero-order chi connectivity index (χ0) is 21.0. The molecule has 3 aromatic rings. The number of rotatable bonds is 8. The molecule has 0 aliphatic carbocycles. The van der Waals surface area contributed by atoms with Crippen molar-refractivity contribution >= 4 is 58.5 Å². The van der Waals surface area contributed by atoms with Crippen molar-refractivity contribution in [3.63, 3.8) is 0 Å². The number of carbonyl (C=O) groups is 1. The zero-order valence-electron chi connectivity index (χ0n) is 15.3. The van der Waals surface area contributed by atoms with Crippen LogP contribution in [0.1, 0.15) is 10.4 Å². The molecular weight excluding hydrogens is 474 g/mol. The van der Waals surface area contributed by atoms with Gasteiger partial charge in [-0.25, -0.2) is 13.4 Å². The van der Waals surface area contributed by atoms with Crippen molar-refractivity contribution in [2.75, 3.05) is 18.4 Å². The van der Waals surface area contributed by atoms with Crippen LogP contribution in [0.4, 0.5) is 5.13 Å². The molecule has 9 heteroatoms. The van der Waals surface area contributed by atoms with Crippen molar-refractivity contribution in [3.05, 3.63) is 77.8 Å². The second kappa shape index (κ2) is 9.00. The van der Waals surface area contributed by atoms with Crippen LogP contribution in [-0.2, 0) is 10.0 Å². The van der Waals surface area contributed by atoms with Crippen LogP contribution in [0, 0.1) is 0 Å². The normalized spacial score (nSPS) is 11.5. The van der Waals surface area contributed by atoms with Gasteiger partial charge in [-0.3, -0.25) is 10.1 Å². The Kier molecular flexibility index (Phi) is 6.63. The Morgan fingerprint density at radius 1 is 1.14 bits per heavy atom. The van der Waals surface area contributed by atoms with E-state index in [2.05, 4.69) is 39.4 Å². The maximum absolute atomic E-state index is 12.9. The number of hydrogen-bond donors (Lipinski definition) is 1. The van der Waals surface area contributed by atoms with Crippen molar-refractivity contribution in [2.45, 2.75) is 4.90 Å². The van der Waals surface area contributed by atoms with Gasteiger partial charge in [-0.2, -0.15) is 4.31 Å². The Morgan fingerprint density at radius 2 is 1.79 bits per heavy atom. The maximum Gasteiger partial charge on any atom is 0.257 e. The molecule has 0 fully saturated rings. The Bertz CT molecular complexity index is 1160. The van der Waals surface area contributed by atoms with Crippen molar-refractivity contribution in [1.29, 1.82) is 0 Å². The molecule has 0 aliphatic rings. The fraction of sp³-hybridized carbons (Fsp3) is 0.100. The van der Waals surface area contributed by atoms with Gasteiger partial charge in [-0.15, -0.1) is 13.2 Å². The summed E-state index contributed by atoms with van der Waals surface area (Å²) < 4.78 is 28.6. The van der Waals surface area contributed by atoms with Gasteiger partial charge in [-0.05, 0) is 42.5 Å². The summed E-state index contributed by atoms with van der Waals surface area (Å²) >= 11 is 4.55. The Hall–Kier alpha value is -2.33. The zero-order valence-corrected chi connectivity index (χ0v) is 18.6. The molecule has 3 rings (SSSR count). The first-order valence-corrected chi connectivity index (χ1v) is 11.6. The van der Waals surface area contributed by atoms with Crippen LogP contribution in [0.5, 0.6) is 0 Å². The van der Waals surface area contributed by atoms with Crippen molar-refractivity contribution < 1.29 is 13.2 Å². The van der Waals surface area contributed by atoms with Crippen molar-refractivity contribution in [1.82, 2.24) is 9.29 Å². The first-order chi connectivity index (χ1) is 13.8. The lowest BCUT2D eigenvalue weighted by molar-refractivity contribution is 0.102. The number of carbonyl (C=O) groups excluding carboxylic acids is 1. The van der Waals surface area contributed by atoms with E-state index < -0.39 is 10.0 Å². The van der Waals surface area contributed by atoms with E-state index >= 15 is 0 Å². The summed E-state index contributed by atoms with van der Waals surface area (Å²) in [6, 6.07) is 11.7. The van der Waals surface area contributed by atoms with Crippen LogP contribution in [0.3, 0.4) is 0 Å². The Morgan fingerprint density at radius 3 is 2.41 bits per heavy atom. The number of aromatic nitrogens is 1. The number of fused-ring (bicyclic) bond motifs is 1. The molecule has 0 radical (unpaired) electrons. The second-order valence-electron chi connectivity index (χ2n) is 6.01. The summed E-state index contributed by atoms with van der Waals surface area (Å²) in [7, 11) is -3.70. The van der Waals surface area contributed by atoms with Gasteiger partial charge in [0.15, 0.2) is 5.13 Å². The highest BCUT2D eigenvalue weighted by Crippen LogP contribution is 2.29. The summed E-state index contributed by atoms with van der Waals surface area (Å²) in [4.78, 5) is 16.9. The van der Waals surface area contributed by atoms with Gasteiger partial charge in [0.1, 0.15) is 0 Å². The van der Waals surface area contributed by atoms with E-state index in [1.54, 1.807) is 36.4 Å². The minimum absolute atomic E-state index is 0.156. The quantitative estimate of drug-likeness (QED) is 0.464. The fourth-order valence-electron chi connectivity index (χ4n) is 2.60. The first-order valence-electron chi connectivity index (χ1n) is 8.54. The molecule has 1 N–H and O–H groups in total. The molecule has 1 amide bonds. The van der Waals surface area contributed by atoms with Gasteiger partial charge in [0.05, 0.1) is 15.1 Å². The molecule has 0 saturated carbocycles. The summed E-state index contributed by atoms with van der Waals surface area (Å²) in [5, 5.41) is 3.15. The Labute approximate surface area is 181 Å². The van der Waals surface area contributed by atoms with Gasteiger partial charge in [-0.1, -0.05) is 39.4 Å². The first kappa shape index (κ1) is 21.4. The highest BCUT2D eigenvalue weighted by molar-refractivity contribution is 9.10. The van der Waals surface area contributed by atoms with E-state index in [1.807, 2.05) is 0 Å². The predicted molar refractivity (Wildman–Crippen MR) is 121 cm³/mol.